The monoisotopic (exact) mass is 1130 g/mol. The number of aliphatic hydroxyl groups excluding tert-OH is 1. The fourth-order valence-corrected chi connectivity index (χ4v) is 12.0. The Morgan fingerprint density at radius 3 is 2.20 bits per heavy atom. The number of esters is 2. The lowest BCUT2D eigenvalue weighted by molar-refractivity contribution is -0.231. The standard InChI is InChI=1S/C63H92BNO16/c1-39-20-14-12-15-21-40(2)52(74-9)35-48-29-27-42(4)58(69)63(73,81-48)60(71)65-31-19-18-24-49(65)59(70)79-53(36-50(66)43(5)32-45(7)56(68)57(76-11)55(67)41(3)26-25-39)44(6)33-46-28-30-51(54(34-46)75-10)80-61(72)62(8)37-77-64(78-38-62)47-22-16-13-17-23-47/h12-17,20-23,32,39,41-44,46,48-49,51-54,56-57,68,73H,18-19,24-31,33-38H2,1-11H3/b15-12+,20-14+,40-21+,45-32+/t39-,41-,42-,43-,44-,46+,48+,49+,51-,52+,53+,54-,56-,57+,63?/m1/s1. The zero-order valence-electron chi connectivity index (χ0n) is 49.9. The van der Waals surface area contributed by atoms with E-state index in [1.54, 1.807) is 48.0 Å². The molecule has 4 fully saturated rings. The van der Waals surface area contributed by atoms with E-state index in [1.807, 2.05) is 75.4 Å². The van der Waals surface area contributed by atoms with Gasteiger partial charge in [-0.15, -0.1) is 0 Å². The molecule has 81 heavy (non-hydrogen) atoms. The van der Waals surface area contributed by atoms with Gasteiger partial charge in [-0.2, -0.15) is 0 Å². The molecule has 0 radical (unpaired) electrons. The number of rotatable bonds is 9. The molecular formula is C63H92BNO16. The van der Waals surface area contributed by atoms with E-state index in [-0.39, 0.29) is 62.4 Å². The van der Waals surface area contributed by atoms with Crippen LogP contribution in [0.15, 0.2) is 77.9 Å². The molecule has 17 nitrogen and oxygen atoms in total. The number of allylic oxidation sites excluding steroid dienone is 6. The first kappa shape index (κ1) is 65.5. The highest BCUT2D eigenvalue weighted by atomic mass is 16.6. The Balaban J connectivity index is 1.25. The van der Waals surface area contributed by atoms with Crippen LogP contribution in [0, 0.1) is 40.9 Å². The number of benzene rings is 1. The Morgan fingerprint density at radius 1 is 0.815 bits per heavy atom. The molecule has 0 aromatic heterocycles. The maximum absolute atomic E-state index is 14.9. The molecule has 1 saturated carbocycles. The van der Waals surface area contributed by atoms with Gasteiger partial charge in [-0.05, 0) is 126 Å². The second-order valence-corrected chi connectivity index (χ2v) is 24.2. The van der Waals surface area contributed by atoms with Gasteiger partial charge in [-0.1, -0.05) is 101 Å². The molecule has 0 spiro atoms. The summed E-state index contributed by atoms with van der Waals surface area (Å²) in [4.78, 5) is 87.1. The molecular weight excluding hydrogens is 1040 g/mol. The molecule has 1 unspecified atom stereocenters. The predicted molar refractivity (Wildman–Crippen MR) is 305 cm³/mol. The average molecular weight is 1130 g/mol. The lowest BCUT2D eigenvalue weighted by atomic mass is 9.75. The van der Waals surface area contributed by atoms with Gasteiger partial charge in [-0.3, -0.25) is 24.0 Å². The highest BCUT2D eigenvalue weighted by molar-refractivity contribution is 6.61. The number of carbonyl (C=O) groups excluding carboxylic acids is 6. The number of ketones is 3. The minimum absolute atomic E-state index is 0.00358. The lowest BCUT2D eigenvalue weighted by Gasteiger charge is -2.41. The molecule has 1 aromatic rings. The summed E-state index contributed by atoms with van der Waals surface area (Å²) in [6, 6.07) is 8.31. The van der Waals surface area contributed by atoms with Gasteiger partial charge in [0.2, 0.25) is 5.78 Å². The maximum Gasteiger partial charge on any atom is 0.493 e. The van der Waals surface area contributed by atoms with Crippen LogP contribution in [0.4, 0.5) is 0 Å². The molecule has 1 amide bonds. The number of hydrogen-bond acceptors (Lipinski definition) is 16. The van der Waals surface area contributed by atoms with Crippen LogP contribution < -0.4 is 5.46 Å². The van der Waals surface area contributed by atoms with Crippen molar-refractivity contribution in [3.63, 3.8) is 0 Å². The van der Waals surface area contributed by atoms with Crippen molar-refractivity contribution in [3.05, 3.63) is 77.9 Å². The van der Waals surface area contributed by atoms with E-state index in [0.29, 0.717) is 69.8 Å². The van der Waals surface area contributed by atoms with Gasteiger partial charge in [-0.25, -0.2) is 4.79 Å². The summed E-state index contributed by atoms with van der Waals surface area (Å²) in [5, 5.41) is 23.9. The van der Waals surface area contributed by atoms with Gasteiger partial charge in [0.15, 0.2) is 5.78 Å². The molecule has 1 aromatic carbocycles. The van der Waals surface area contributed by atoms with E-state index in [9.17, 15) is 39.0 Å². The van der Waals surface area contributed by atoms with Crippen molar-refractivity contribution in [2.24, 2.45) is 40.9 Å². The average Bonchev–Trinajstić information content (AvgIpc) is 3.72. The normalized spacial score (nSPS) is 36.6. The first-order chi connectivity index (χ1) is 38.5. The smallest absolute Gasteiger partial charge is 0.460 e. The minimum Gasteiger partial charge on any atom is -0.460 e. The van der Waals surface area contributed by atoms with Crippen molar-refractivity contribution in [3.8, 4) is 0 Å². The fourth-order valence-electron chi connectivity index (χ4n) is 12.0. The highest BCUT2D eigenvalue weighted by Crippen LogP contribution is 2.38. The summed E-state index contributed by atoms with van der Waals surface area (Å²) in [5.41, 5.74) is 1.04. The summed E-state index contributed by atoms with van der Waals surface area (Å²) in [6.07, 6.45) is 10.8. The quantitative estimate of drug-likeness (QED) is 0.105. The van der Waals surface area contributed by atoms with Crippen molar-refractivity contribution in [1.29, 1.82) is 0 Å². The number of carbonyl (C=O) groups is 6. The SMILES string of the molecule is CO[C@H]1C[C@@H]2CC[C@@H](C)C(=O)C(O)(O2)C(=O)N2CCCC[C@H]2C(=O)O[C@H]([C@H](C)C[C@@H]2CC[C@@H](OC(=O)C3(C)COB(c4ccccc4)OC3)[C@H](OC)C2)CC(=O)[C@H](C)/C=C(\C)[C@@H](O)[C@@H](OC)C(=O)[C@H](C)CC[C@H](C)/C=C/C=C/C=C/1C. The number of methoxy groups -OCH3 is 3. The molecule has 1 aliphatic carbocycles. The molecule has 5 aliphatic rings. The number of ether oxygens (including phenoxy) is 6. The van der Waals surface area contributed by atoms with Crippen LogP contribution in [0.1, 0.15) is 139 Å². The fraction of sp³-hybridized carbons (Fsp3) is 0.683. The first-order valence-electron chi connectivity index (χ1n) is 29.5. The maximum atomic E-state index is 14.9. The molecule has 448 valence electrons. The highest BCUT2D eigenvalue weighted by Gasteiger charge is 2.55. The number of nitrogens with zero attached hydrogens (tertiary/aromatic N) is 1. The number of hydrogen-bond donors (Lipinski definition) is 2. The van der Waals surface area contributed by atoms with Gasteiger partial charge < -0.3 is 52.8 Å². The second-order valence-electron chi connectivity index (χ2n) is 24.2. The van der Waals surface area contributed by atoms with Gasteiger partial charge in [0, 0.05) is 71.7 Å². The number of fused-ring (bicyclic) bond motifs is 3. The molecule has 3 saturated heterocycles. The van der Waals surface area contributed by atoms with Crippen molar-refractivity contribution in [2.75, 3.05) is 41.1 Å². The minimum atomic E-state index is -2.89. The third-order valence-corrected chi connectivity index (χ3v) is 17.6. The Hall–Kier alpha value is -4.66. The van der Waals surface area contributed by atoms with E-state index >= 15 is 0 Å². The topological polar surface area (TPSA) is 220 Å². The molecule has 2 bridgehead atoms. The molecule has 2 N–H and O–H groups in total. The van der Waals surface area contributed by atoms with Crippen molar-refractivity contribution >= 4 is 47.8 Å². The largest absolute Gasteiger partial charge is 0.493 e. The van der Waals surface area contributed by atoms with Crippen LogP contribution >= 0.6 is 0 Å². The number of Topliss-reactive ketones (excluding diaryl/α,β-unsaturated/α-hetero) is 3. The molecule has 4 heterocycles. The third-order valence-electron chi connectivity index (χ3n) is 17.6. The Bertz CT molecular complexity index is 2420. The van der Waals surface area contributed by atoms with Gasteiger partial charge >= 0.3 is 24.8 Å². The zero-order chi connectivity index (χ0) is 59.2. The lowest BCUT2D eigenvalue weighted by Crippen LogP contribution is -2.62. The summed E-state index contributed by atoms with van der Waals surface area (Å²) in [7, 11) is 3.93. The molecule has 6 rings (SSSR count). The summed E-state index contributed by atoms with van der Waals surface area (Å²) in [5.74, 6) is -8.74. The van der Waals surface area contributed by atoms with Crippen LogP contribution in [0.5, 0.6) is 0 Å². The van der Waals surface area contributed by atoms with E-state index in [0.717, 1.165) is 11.0 Å². The molecule has 18 heteroatoms. The Morgan fingerprint density at radius 2 is 1.52 bits per heavy atom. The van der Waals surface area contributed by atoms with Crippen LogP contribution in [-0.4, -0.2) is 153 Å². The van der Waals surface area contributed by atoms with Crippen molar-refractivity contribution < 1.29 is 76.7 Å². The molecule has 4 aliphatic heterocycles. The second kappa shape index (κ2) is 30.2. The van der Waals surface area contributed by atoms with E-state index in [2.05, 4.69) is 13.0 Å². The Labute approximate surface area is 481 Å². The summed E-state index contributed by atoms with van der Waals surface area (Å²) in [6.45, 7) is 14.7. The van der Waals surface area contributed by atoms with E-state index < -0.39 is 114 Å². The Kier molecular flexibility index (Phi) is 24.5. The van der Waals surface area contributed by atoms with Crippen LogP contribution in [-0.2, 0) is 66.5 Å². The van der Waals surface area contributed by atoms with E-state index in [4.69, 9.17) is 37.7 Å². The number of cyclic esters (lactones) is 1. The number of aliphatic hydroxyl groups is 2. The predicted octanol–water partition coefficient (Wildman–Crippen LogP) is 7.57. The van der Waals surface area contributed by atoms with Gasteiger partial charge in [0.1, 0.15) is 41.7 Å². The van der Waals surface area contributed by atoms with Crippen LogP contribution in [0.2, 0.25) is 0 Å². The zero-order valence-corrected chi connectivity index (χ0v) is 49.9. The van der Waals surface area contributed by atoms with E-state index in [1.165, 1.54) is 12.0 Å². The molecule has 15 atom stereocenters. The van der Waals surface area contributed by atoms with Gasteiger partial charge in [0.25, 0.3) is 5.91 Å². The summed E-state index contributed by atoms with van der Waals surface area (Å²) < 4.78 is 48.3. The third kappa shape index (κ3) is 17.0. The number of piperidine rings is 1. The number of amides is 1. The first-order valence-corrected chi connectivity index (χ1v) is 29.5. The summed E-state index contributed by atoms with van der Waals surface area (Å²) >= 11 is 0. The van der Waals surface area contributed by atoms with Crippen molar-refractivity contribution in [1.82, 2.24) is 4.90 Å². The van der Waals surface area contributed by atoms with Crippen molar-refractivity contribution in [2.45, 2.75) is 193 Å². The van der Waals surface area contributed by atoms with Crippen LogP contribution in [0.25, 0.3) is 0 Å². The van der Waals surface area contributed by atoms with Gasteiger partial charge in [0.05, 0.1) is 18.3 Å². The van der Waals surface area contributed by atoms with Crippen LogP contribution in [0.3, 0.4) is 0 Å².